The Morgan fingerprint density at radius 2 is 2.28 bits per heavy atom. The molecule has 0 aliphatic heterocycles. The molecule has 18 heavy (non-hydrogen) atoms. The molecule has 2 saturated carbocycles. The minimum absolute atomic E-state index is 0.717. The van der Waals surface area contributed by atoms with Crippen molar-refractivity contribution in [2.45, 2.75) is 58.4 Å². The first-order valence-electron chi connectivity index (χ1n) is 7.57. The van der Waals surface area contributed by atoms with Gasteiger partial charge in [-0.2, -0.15) is 0 Å². The van der Waals surface area contributed by atoms with Crippen molar-refractivity contribution < 1.29 is 0 Å². The van der Waals surface area contributed by atoms with Gasteiger partial charge in [0, 0.05) is 18.8 Å². The van der Waals surface area contributed by atoms with Crippen LogP contribution >= 0.6 is 0 Å². The summed E-state index contributed by atoms with van der Waals surface area (Å²) in [7, 11) is 0. The third-order valence-corrected chi connectivity index (χ3v) is 4.72. The van der Waals surface area contributed by atoms with Crippen molar-refractivity contribution in [1.29, 1.82) is 0 Å². The summed E-state index contributed by atoms with van der Waals surface area (Å²) < 4.78 is 2.44. The number of nitrogens with one attached hydrogen (secondary N) is 1. The first-order chi connectivity index (χ1) is 8.78. The van der Waals surface area contributed by atoms with E-state index in [0.717, 1.165) is 30.0 Å². The Labute approximate surface area is 110 Å². The highest BCUT2D eigenvalue weighted by molar-refractivity contribution is 5.30. The van der Waals surface area contributed by atoms with Crippen LogP contribution in [0.4, 0.5) is 5.95 Å². The van der Waals surface area contributed by atoms with Crippen LogP contribution in [0.2, 0.25) is 0 Å². The molecule has 3 nitrogen and oxygen atoms in total. The van der Waals surface area contributed by atoms with Gasteiger partial charge in [-0.1, -0.05) is 19.8 Å². The number of fused-ring (bicyclic) bond motifs is 2. The van der Waals surface area contributed by atoms with Gasteiger partial charge in [-0.25, -0.2) is 4.98 Å². The third-order valence-electron chi connectivity index (χ3n) is 4.72. The third kappa shape index (κ3) is 2.15. The number of rotatable bonds is 5. The van der Waals surface area contributed by atoms with Gasteiger partial charge in [0.2, 0.25) is 5.95 Å². The van der Waals surface area contributed by atoms with Crippen molar-refractivity contribution >= 4 is 5.95 Å². The van der Waals surface area contributed by atoms with Gasteiger partial charge in [-0.3, -0.25) is 0 Å². The lowest BCUT2D eigenvalue weighted by molar-refractivity contribution is 0.332. The van der Waals surface area contributed by atoms with E-state index in [-0.39, 0.29) is 0 Å². The fourth-order valence-electron chi connectivity index (χ4n) is 3.83. The summed E-state index contributed by atoms with van der Waals surface area (Å²) in [5.74, 6) is 3.01. The average Bonchev–Trinajstić information content (AvgIpc) is 3.04. The maximum Gasteiger partial charge on any atom is 0.203 e. The van der Waals surface area contributed by atoms with Crippen molar-refractivity contribution in [2.24, 2.45) is 11.8 Å². The molecule has 3 rings (SSSR count). The van der Waals surface area contributed by atoms with Gasteiger partial charge >= 0.3 is 0 Å². The Hall–Kier alpha value is -0.990. The second kappa shape index (κ2) is 4.94. The van der Waals surface area contributed by atoms with Crippen molar-refractivity contribution in [3.05, 3.63) is 11.9 Å². The molecular formula is C15H25N3. The molecule has 1 N–H and O–H groups in total. The van der Waals surface area contributed by atoms with Crippen LogP contribution in [0.5, 0.6) is 0 Å². The predicted molar refractivity (Wildman–Crippen MR) is 74.8 cm³/mol. The number of hydrogen-bond acceptors (Lipinski definition) is 2. The van der Waals surface area contributed by atoms with E-state index in [2.05, 4.69) is 34.9 Å². The lowest BCUT2D eigenvalue weighted by Gasteiger charge is -2.25. The smallest absolute Gasteiger partial charge is 0.203 e. The highest BCUT2D eigenvalue weighted by Crippen LogP contribution is 2.51. The van der Waals surface area contributed by atoms with Crippen molar-refractivity contribution in [3.8, 4) is 0 Å². The molecule has 0 amide bonds. The van der Waals surface area contributed by atoms with Crippen LogP contribution in [0, 0.1) is 18.8 Å². The van der Waals surface area contributed by atoms with Crippen LogP contribution in [-0.4, -0.2) is 16.1 Å². The van der Waals surface area contributed by atoms with E-state index in [0.29, 0.717) is 6.04 Å². The molecule has 2 bridgehead atoms. The summed E-state index contributed by atoms with van der Waals surface area (Å²) in [6, 6.07) is 0.717. The Kier molecular flexibility index (Phi) is 3.31. The molecule has 2 aliphatic carbocycles. The molecule has 1 aromatic rings. The SMILES string of the molecule is CCCCNc1nc(C)cn1C1CC2CCC1C2. The number of unbranched alkanes of at least 4 members (excludes halogenated alkanes) is 1. The maximum atomic E-state index is 4.66. The van der Waals surface area contributed by atoms with Gasteiger partial charge in [0.15, 0.2) is 0 Å². The molecule has 2 aliphatic rings. The van der Waals surface area contributed by atoms with Crippen molar-refractivity contribution in [3.63, 3.8) is 0 Å². The van der Waals surface area contributed by atoms with Gasteiger partial charge in [0.25, 0.3) is 0 Å². The number of aryl methyl sites for hydroxylation is 1. The van der Waals surface area contributed by atoms with Crippen molar-refractivity contribution in [1.82, 2.24) is 9.55 Å². The number of imidazole rings is 1. The first kappa shape index (κ1) is 12.1. The maximum absolute atomic E-state index is 4.66. The molecule has 100 valence electrons. The van der Waals surface area contributed by atoms with Gasteiger partial charge in [-0.15, -0.1) is 0 Å². The van der Waals surface area contributed by atoms with E-state index in [1.54, 1.807) is 0 Å². The fraction of sp³-hybridized carbons (Fsp3) is 0.800. The minimum Gasteiger partial charge on any atom is -0.356 e. The molecule has 3 atom stereocenters. The van der Waals surface area contributed by atoms with E-state index in [1.165, 1.54) is 38.5 Å². The lowest BCUT2D eigenvalue weighted by atomic mass is 9.95. The highest BCUT2D eigenvalue weighted by atomic mass is 15.2. The lowest BCUT2D eigenvalue weighted by Crippen LogP contribution is -2.18. The number of nitrogens with zero attached hydrogens (tertiary/aromatic N) is 2. The number of anilines is 1. The molecule has 0 aromatic carbocycles. The van der Waals surface area contributed by atoms with Crippen LogP contribution in [-0.2, 0) is 0 Å². The van der Waals surface area contributed by atoms with Gasteiger partial charge in [0.05, 0.1) is 5.69 Å². The van der Waals surface area contributed by atoms with Gasteiger partial charge in [0.1, 0.15) is 0 Å². The van der Waals surface area contributed by atoms with Gasteiger partial charge < -0.3 is 9.88 Å². The van der Waals surface area contributed by atoms with Crippen LogP contribution < -0.4 is 5.32 Å². The van der Waals surface area contributed by atoms with Crippen LogP contribution in [0.25, 0.3) is 0 Å². The standard InChI is InChI=1S/C15H25N3/c1-3-4-7-16-15-17-11(2)10-18(15)14-9-12-5-6-13(14)8-12/h10,12-14H,3-9H2,1-2H3,(H,16,17). The molecular weight excluding hydrogens is 222 g/mol. The Morgan fingerprint density at radius 1 is 1.39 bits per heavy atom. The first-order valence-corrected chi connectivity index (χ1v) is 7.57. The molecule has 3 heteroatoms. The normalized spacial score (nSPS) is 30.0. The second-order valence-corrected chi connectivity index (χ2v) is 6.14. The molecule has 2 fully saturated rings. The monoisotopic (exact) mass is 247 g/mol. The molecule has 0 radical (unpaired) electrons. The minimum atomic E-state index is 0.717. The van der Waals surface area contributed by atoms with E-state index < -0.39 is 0 Å². The second-order valence-electron chi connectivity index (χ2n) is 6.14. The van der Waals surface area contributed by atoms with E-state index in [9.17, 15) is 0 Å². The summed E-state index contributed by atoms with van der Waals surface area (Å²) in [6.45, 7) is 5.39. The zero-order valence-corrected chi connectivity index (χ0v) is 11.7. The number of hydrogen-bond donors (Lipinski definition) is 1. The summed E-state index contributed by atoms with van der Waals surface area (Å²) in [6.07, 6.45) is 10.4. The summed E-state index contributed by atoms with van der Waals surface area (Å²) in [5.41, 5.74) is 1.15. The van der Waals surface area contributed by atoms with Crippen LogP contribution in [0.15, 0.2) is 6.20 Å². The van der Waals surface area contributed by atoms with Gasteiger partial charge in [-0.05, 0) is 44.4 Å². The summed E-state index contributed by atoms with van der Waals surface area (Å²) >= 11 is 0. The van der Waals surface area contributed by atoms with Crippen LogP contribution in [0.1, 0.15) is 57.2 Å². The predicted octanol–water partition coefficient (Wildman–Crippen LogP) is 3.76. The van der Waals surface area contributed by atoms with E-state index in [1.807, 2.05) is 0 Å². The molecule has 0 spiro atoms. The average molecular weight is 247 g/mol. The molecule has 1 heterocycles. The Bertz CT molecular complexity index is 410. The zero-order valence-electron chi connectivity index (χ0n) is 11.7. The summed E-state index contributed by atoms with van der Waals surface area (Å²) in [5, 5.41) is 3.52. The van der Waals surface area contributed by atoms with Crippen molar-refractivity contribution in [2.75, 3.05) is 11.9 Å². The van der Waals surface area contributed by atoms with Crippen LogP contribution in [0.3, 0.4) is 0 Å². The highest BCUT2D eigenvalue weighted by Gasteiger charge is 2.41. The molecule has 0 saturated heterocycles. The molecule has 3 unspecified atom stereocenters. The quantitative estimate of drug-likeness (QED) is 0.803. The zero-order chi connectivity index (χ0) is 12.5. The summed E-state index contributed by atoms with van der Waals surface area (Å²) in [4.78, 5) is 4.66. The van der Waals surface area contributed by atoms with E-state index >= 15 is 0 Å². The Morgan fingerprint density at radius 3 is 2.94 bits per heavy atom. The largest absolute Gasteiger partial charge is 0.356 e. The topological polar surface area (TPSA) is 29.9 Å². The fourth-order valence-corrected chi connectivity index (χ4v) is 3.83. The Balaban J connectivity index is 1.74. The molecule has 1 aromatic heterocycles. The number of aromatic nitrogens is 2. The van der Waals surface area contributed by atoms with E-state index in [4.69, 9.17) is 0 Å².